The highest BCUT2D eigenvalue weighted by atomic mass is 16.3. The molecule has 1 aliphatic carbocycles. The number of carbonyl (C=O) groups excluding carboxylic acids is 1. The molecule has 1 saturated carbocycles. The van der Waals surface area contributed by atoms with Gasteiger partial charge in [-0.15, -0.1) is 0 Å². The molecule has 92 valence electrons. The number of aryl methyl sites for hydroxylation is 1. The predicted molar refractivity (Wildman–Crippen MR) is 65.9 cm³/mol. The number of aliphatic hydroxyl groups is 1. The Hall–Kier alpha value is -1.22. The van der Waals surface area contributed by atoms with E-state index in [0.717, 1.165) is 31.2 Å². The summed E-state index contributed by atoms with van der Waals surface area (Å²) >= 11 is 0. The number of carbonyl (C=O) groups is 1. The number of aliphatic hydroxyl groups excluding tert-OH is 1. The van der Waals surface area contributed by atoms with Crippen LogP contribution in [0.3, 0.4) is 0 Å². The smallest absolute Gasteiger partial charge is 0.193 e. The number of Topliss-reactive ketones (excluding diaryl/α,β-unsaturated/α-hetero) is 1. The van der Waals surface area contributed by atoms with Gasteiger partial charge >= 0.3 is 0 Å². The van der Waals surface area contributed by atoms with Crippen LogP contribution in [0.2, 0.25) is 0 Å². The van der Waals surface area contributed by atoms with Gasteiger partial charge < -0.3 is 5.11 Å². The lowest BCUT2D eigenvalue weighted by atomic mass is 9.82. The average molecular weight is 233 g/mol. The molecular weight excluding hydrogens is 214 g/mol. The molecule has 17 heavy (non-hydrogen) atoms. The maximum Gasteiger partial charge on any atom is 0.193 e. The number of pyridine rings is 1. The molecule has 0 aliphatic heterocycles. The van der Waals surface area contributed by atoms with E-state index in [-0.39, 0.29) is 11.7 Å². The summed E-state index contributed by atoms with van der Waals surface area (Å²) in [7, 11) is 0. The molecule has 0 radical (unpaired) electrons. The second-order valence-corrected chi connectivity index (χ2v) is 4.90. The van der Waals surface area contributed by atoms with Gasteiger partial charge in [0, 0.05) is 18.0 Å². The second-order valence-electron chi connectivity index (χ2n) is 4.90. The van der Waals surface area contributed by atoms with Crippen molar-refractivity contribution >= 4 is 5.78 Å². The summed E-state index contributed by atoms with van der Waals surface area (Å²) in [5.41, 5.74) is 1.45. The van der Waals surface area contributed by atoms with Crippen LogP contribution in [0.25, 0.3) is 0 Å². The van der Waals surface area contributed by atoms with Gasteiger partial charge in [0.1, 0.15) is 6.10 Å². The predicted octanol–water partition coefficient (Wildman–Crippen LogP) is 2.51. The number of rotatable bonds is 3. The van der Waals surface area contributed by atoms with Gasteiger partial charge in [-0.1, -0.05) is 19.3 Å². The van der Waals surface area contributed by atoms with Crippen molar-refractivity contribution < 1.29 is 9.90 Å². The molecule has 1 fully saturated rings. The Balaban J connectivity index is 2.11. The van der Waals surface area contributed by atoms with Crippen LogP contribution >= 0.6 is 0 Å². The van der Waals surface area contributed by atoms with Gasteiger partial charge in [0.15, 0.2) is 5.78 Å². The first kappa shape index (κ1) is 12.2. The Morgan fingerprint density at radius 2 is 2.12 bits per heavy atom. The topological polar surface area (TPSA) is 50.2 Å². The van der Waals surface area contributed by atoms with Crippen LogP contribution in [0.4, 0.5) is 0 Å². The fourth-order valence-electron chi connectivity index (χ4n) is 2.55. The van der Waals surface area contributed by atoms with Crippen molar-refractivity contribution in [2.24, 2.45) is 5.92 Å². The molecule has 1 aromatic heterocycles. The molecule has 1 N–H and O–H groups in total. The Morgan fingerprint density at radius 3 is 2.76 bits per heavy atom. The van der Waals surface area contributed by atoms with Gasteiger partial charge in [0.2, 0.25) is 0 Å². The van der Waals surface area contributed by atoms with E-state index in [1.807, 2.05) is 6.92 Å². The first-order valence-electron chi connectivity index (χ1n) is 6.33. The molecular formula is C14H19NO2. The first-order valence-corrected chi connectivity index (χ1v) is 6.33. The van der Waals surface area contributed by atoms with E-state index >= 15 is 0 Å². The molecule has 3 nitrogen and oxygen atoms in total. The highest BCUT2D eigenvalue weighted by Gasteiger charge is 2.28. The van der Waals surface area contributed by atoms with Gasteiger partial charge in [-0.05, 0) is 37.3 Å². The highest BCUT2D eigenvalue weighted by Crippen LogP contribution is 2.28. The third-order valence-corrected chi connectivity index (χ3v) is 3.67. The summed E-state index contributed by atoms with van der Waals surface area (Å²) in [6.07, 6.45) is 7.78. The van der Waals surface area contributed by atoms with Gasteiger partial charge in [0.05, 0.1) is 0 Å². The minimum atomic E-state index is -0.849. The molecule has 2 rings (SSSR count). The van der Waals surface area contributed by atoms with Crippen molar-refractivity contribution in [3.05, 3.63) is 29.6 Å². The molecule has 1 heterocycles. The standard InChI is InChI=1S/C14H19NO2/c1-10-7-8-15-9-12(10)14(17)13(16)11-5-3-2-4-6-11/h7-9,11,13,16H,2-6H2,1H3. The fraction of sp³-hybridized carbons (Fsp3) is 0.571. The van der Waals surface area contributed by atoms with Gasteiger partial charge in [-0.25, -0.2) is 0 Å². The van der Waals surface area contributed by atoms with Crippen LogP contribution in [0.5, 0.6) is 0 Å². The first-order chi connectivity index (χ1) is 8.20. The maximum absolute atomic E-state index is 12.2. The molecule has 1 atom stereocenters. The zero-order chi connectivity index (χ0) is 12.3. The lowest BCUT2D eigenvalue weighted by molar-refractivity contribution is 0.0533. The third kappa shape index (κ3) is 2.72. The SMILES string of the molecule is Cc1ccncc1C(=O)C(O)C1CCCCC1. The van der Waals surface area contributed by atoms with Crippen LogP contribution in [0.1, 0.15) is 48.0 Å². The van der Waals surface area contributed by atoms with Crippen molar-refractivity contribution in [3.63, 3.8) is 0 Å². The van der Waals surface area contributed by atoms with Crippen molar-refractivity contribution in [3.8, 4) is 0 Å². The van der Waals surface area contributed by atoms with Gasteiger partial charge in [-0.2, -0.15) is 0 Å². The summed E-state index contributed by atoms with van der Waals surface area (Å²) in [5, 5.41) is 10.1. The quantitative estimate of drug-likeness (QED) is 0.816. The fourth-order valence-corrected chi connectivity index (χ4v) is 2.55. The van der Waals surface area contributed by atoms with E-state index in [9.17, 15) is 9.90 Å². The average Bonchev–Trinajstić information content (AvgIpc) is 2.39. The molecule has 1 unspecified atom stereocenters. The van der Waals surface area contributed by atoms with Crippen LogP contribution in [0, 0.1) is 12.8 Å². The largest absolute Gasteiger partial charge is 0.385 e. The summed E-state index contributed by atoms with van der Waals surface area (Å²) in [6.45, 7) is 1.88. The second kappa shape index (κ2) is 5.41. The lowest BCUT2D eigenvalue weighted by Crippen LogP contribution is -2.31. The summed E-state index contributed by atoms with van der Waals surface area (Å²) in [5.74, 6) is -0.0293. The number of hydrogen-bond donors (Lipinski definition) is 1. The zero-order valence-corrected chi connectivity index (χ0v) is 10.2. The Labute approximate surface area is 102 Å². The van der Waals surface area contributed by atoms with E-state index in [1.165, 1.54) is 6.42 Å². The molecule has 3 heteroatoms. The van der Waals surface area contributed by atoms with Crippen LogP contribution in [-0.2, 0) is 0 Å². The number of aromatic nitrogens is 1. The highest BCUT2D eigenvalue weighted by molar-refractivity contribution is 6.00. The Bertz CT molecular complexity index is 397. The molecule has 0 amide bonds. The van der Waals surface area contributed by atoms with Gasteiger partial charge in [0.25, 0.3) is 0 Å². The summed E-state index contributed by atoms with van der Waals surface area (Å²) < 4.78 is 0. The van der Waals surface area contributed by atoms with E-state index in [4.69, 9.17) is 0 Å². The van der Waals surface area contributed by atoms with Crippen LogP contribution in [-0.4, -0.2) is 22.0 Å². The van der Waals surface area contributed by atoms with Crippen molar-refractivity contribution in [1.29, 1.82) is 0 Å². The molecule has 1 aliphatic rings. The van der Waals surface area contributed by atoms with Crippen molar-refractivity contribution in [1.82, 2.24) is 4.98 Å². The monoisotopic (exact) mass is 233 g/mol. The minimum absolute atomic E-state index is 0.135. The minimum Gasteiger partial charge on any atom is -0.385 e. The van der Waals surface area contributed by atoms with E-state index in [0.29, 0.717) is 5.56 Å². The molecule has 0 bridgehead atoms. The Morgan fingerprint density at radius 1 is 1.41 bits per heavy atom. The van der Waals surface area contributed by atoms with Gasteiger partial charge in [-0.3, -0.25) is 9.78 Å². The summed E-state index contributed by atoms with van der Waals surface area (Å²) in [6, 6.07) is 1.81. The summed E-state index contributed by atoms with van der Waals surface area (Å²) in [4.78, 5) is 16.1. The number of ketones is 1. The zero-order valence-electron chi connectivity index (χ0n) is 10.2. The van der Waals surface area contributed by atoms with Crippen molar-refractivity contribution in [2.45, 2.75) is 45.1 Å². The molecule has 0 aromatic carbocycles. The van der Waals surface area contributed by atoms with Crippen LogP contribution < -0.4 is 0 Å². The number of hydrogen-bond acceptors (Lipinski definition) is 3. The van der Waals surface area contributed by atoms with E-state index in [1.54, 1.807) is 18.5 Å². The number of nitrogens with zero attached hydrogens (tertiary/aromatic N) is 1. The lowest BCUT2D eigenvalue weighted by Gasteiger charge is -2.25. The molecule has 0 saturated heterocycles. The van der Waals surface area contributed by atoms with E-state index < -0.39 is 6.10 Å². The normalized spacial score (nSPS) is 18.9. The van der Waals surface area contributed by atoms with Crippen molar-refractivity contribution in [2.75, 3.05) is 0 Å². The van der Waals surface area contributed by atoms with E-state index in [2.05, 4.69) is 4.98 Å². The maximum atomic E-state index is 12.2. The molecule has 1 aromatic rings. The van der Waals surface area contributed by atoms with Crippen LogP contribution in [0.15, 0.2) is 18.5 Å². The third-order valence-electron chi connectivity index (χ3n) is 3.67. The molecule has 0 spiro atoms. The Kier molecular flexibility index (Phi) is 3.89.